The monoisotopic (exact) mass is 334 g/mol. The van der Waals surface area contributed by atoms with Gasteiger partial charge >= 0.3 is 0 Å². The summed E-state index contributed by atoms with van der Waals surface area (Å²) in [5, 5.41) is 2.85. The average molecular weight is 335 g/mol. The summed E-state index contributed by atoms with van der Waals surface area (Å²) in [6, 6.07) is 5.45. The van der Waals surface area contributed by atoms with E-state index in [1.165, 1.54) is 6.20 Å². The van der Waals surface area contributed by atoms with Gasteiger partial charge in [-0.15, -0.1) is 0 Å². The van der Waals surface area contributed by atoms with E-state index in [0.29, 0.717) is 11.3 Å². The van der Waals surface area contributed by atoms with E-state index >= 15 is 0 Å². The van der Waals surface area contributed by atoms with Crippen LogP contribution < -0.4 is 16.6 Å². The molecule has 0 radical (unpaired) electrons. The van der Waals surface area contributed by atoms with Crippen molar-refractivity contribution in [2.45, 2.75) is 13.8 Å². The van der Waals surface area contributed by atoms with Crippen LogP contribution in [0.1, 0.15) is 21.5 Å². The molecule has 0 aliphatic carbocycles. The first kappa shape index (κ1) is 14.5. The topological polar surface area (TPSA) is 80.0 Å². The highest BCUT2D eigenvalue weighted by Gasteiger charge is 2.12. The molecule has 104 valence electrons. The quantitative estimate of drug-likeness (QED) is 0.595. The number of carbonyl (C=O) groups is 1. The number of halogens is 1. The van der Waals surface area contributed by atoms with Crippen molar-refractivity contribution in [3.63, 3.8) is 0 Å². The van der Waals surface area contributed by atoms with E-state index in [1.54, 1.807) is 12.3 Å². The Hall–Kier alpha value is -1.92. The molecule has 1 aromatic carbocycles. The molecule has 1 amide bonds. The van der Waals surface area contributed by atoms with Gasteiger partial charge in [-0.1, -0.05) is 15.9 Å². The summed E-state index contributed by atoms with van der Waals surface area (Å²) in [7, 11) is 0. The Kier molecular flexibility index (Phi) is 4.36. The molecule has 0 aliphatic rings. The first-order chi connectivity index (χ1) is 9.52. The first-order valence-electron chi connectivity index (χ1n) is 6.01. The number of hydrazine groups is 1. The van der Waals surface area contributed by atoms with Crippen LogP contribution in [0.25, 0.3) is 0 Å². The number of benzene rings is 1. The molecule has 0 fully saturated rings. The van der Waals surface area contributed by atoms with Crippen LogP contribution in [0.2, 0.25) is 0 Å². The number of nitrogens with two attached hydrogens (primary N) is 1. The summed E-state index contributed by atoms with van der Waals surface area (Å²) >= 11 is 3.50. The van der Waals surface area contributed by atoms with Crippen molar-refractivity contribution >= 4 is 33.2 Å². The highest BCUT2D eigenvalue weighted by Crippen LogP contribution is 2.25. The lowest BCUT2D eigenvalue weighted by Crippen LogP contribution is -2.17. The molecule has 0 bridgehead atoms. The maximum absolute atomic E-state index is 12.2. The molecule has 0 atom stereocenters. The zero-order chi connectivity index (χ0) is 14.7. The molecule has 2 rings (SSSR count). The zero-order valence-electron chi connectivity index (χ0n) is 11.2. The first-order valence-corrected chi connectivity index (χ1v) is 6.81. The molecule has 5 nitrogen and oxygen atoms in total. The zero-order valence-corrected chi connectivity index (χ0v) is 12.8. The second-order valence-electron chi connectivity index (χ2n) is 4.44. The lowest BCUT2D eigenvalue weighted by atomic mass is 10.1. The summed E-state index contributed by atoms with van der Waals surface area (Å²) in [5.74, 6) is 5.13. The Labute approximate surface area is 125 Å². The fraction of sp³-hybridized carbons (Fsp3) is 0.143. The van der Waals surface area contributed by atoms with Gasteiger partial charge < -0.3 is 10.7 Å². The molecule has 1 aromatic heterocycles. The predicted molar refractivity (Wildman–Crippen MR) is 83.6 cm³/mol. The fourth-order valence-corrected chi connectivity index (χ4v) is 2.15. The van der Waals surface area contributed by atoms with Crippen molar-refractivity contribution in [1.29, 1.82) is 0 Å². The Bertz CT molecular complexity index is 634. The van der Waals surface area contributed by atoms with Crippen LogP contribution in [-0.2, 0) is 0 Å². The average Bonchev–Trinajstić information content (AvgIpc) is 2.44. The van der Waals surface area contributed by atoms with Crippen LogP contribution in [0.15, 0.2) is 35.1 Å². The molecule has 0 aliphatic heterocycles. The third-order valence-electron chi connectivity index (χ3n) is 2.92. The highest BCUT2D eigenvalue weighted by atomic mass is 79.9. The predicted octanol–water partition coefficient (Wildman–Crippen LogP) is 3.00. The third-order valence-corrected chi connectivity index (χ3v) is 4.17. The summed E-state index contributed by atoms with van der Waals surface area (Å²) in [6.45, 7) is 3.95. The van der Waals surface area contributed by atoms with Crippen LogP contribution in [0.3, 0.4) is 0 Å². The normalized spacial score (nSPS) is 10.2. The lowest BCUT2D eigenvalue weighted by Gasteiger charge is -2.11. The molecule has 4 N–H and O–H groups in total. The largest absolute Gasteiger partial charge is 0.323 e. The molecule has 0 unspecified atom stereocenters. The number of hydrogen-bond donors (Lipinski definition) is 3. The van der Waals surface area contributed by atoms with Crippen LogP contribution in [0.5, 0.6) is 0 Å². The van der Waals surface area contributed by atoms with Crippen molar-refractivity contribution < 1.29 is 4.79 Å². The van der Waals surface area contributed by atoms with Crippen LogP contribution in [-0.4, -0.2) is 10.9 Å². The maximum Gasteiger partial charge on any atom is 0.259 e. The van der Waals surface area contributed by atoms with Gasteiger partial charge in [0.2, 0.25) is 0 Å². The Balaban J connectivity index is 2.28. The van der Waals surface area contributed by atoms with Crippen molar-refractivity contribution in [3.05, 3.63) is 51.8 Å². The van der Waals surface area contributed by atoms with Crippen molar-refractivity contribution in [1.82, 2.24) is 4.98 Å². The summed E-state index contributed by atoms with van der Waals surface area (Å²) in [6.07, 6.45) is 3.04. The maximum atomic E-state index is 12.2. The molecule has 6 heteroatoms. The number of amides is 1. The van der Waals surface area contributed by atoms with Crippen molar-refractivity contribution in [2.75, 3.05) is 10.7 Å². The molecule has 2 aromatic rings. The van der Waals surface area contributed by atoms with Gasteiger partial charge in [0.05, 0.1) is 11.3 Å². The lowest BCUT2D eigenvalue weighted by molar-refractivity contribution is 0.102. The number of pyridine rings is 1. The van der Waals surface area contributed by atoms with Gasteiger partial charge in [0.25, 0.3) is 5.91 Å². The Morgan fingerprint density at radius 2 is 1.95 bits per heavy atom. The molecule has 20 heavy (non-hydrogen) atoms. The van der Waals surface area contributed by atoms with Gasteiger partial charge in [0.1, 0.15) is 0 Å². The van der Waals surface area contributed by atoms with Gasteiger partial charge in [-0.25, -0.2) is 0 Å². The minimum Gasteiger partial charge on any atom is -0.323 e. The van der Waals surface area contributed by atoms with E-state index in [-0.39, 0.29) is 5.91 Å². The van der Waals surface area contributed by atoms with E-state index in [1.807, 2.05) is 26.0 Å². The van der Waals surface area contributed by atoms with E-state index in [4.69, 9.17) is 5.84 Å². The molecule has 0 saturated heterocycles. The molecular weight excluding hydrogens is 320 g/mol. The fourth-order valence-electron chi connectivity index (χ4n) is 1.92. The van der Waals surface area contributed by atoms with Gasteiger partial charge in [-0.3, -0.25) is 15.6 Å². The molecule has 1 heterocycles. The number of nitrogens with one attached hydrogen (secondary N) is 2. The van der Waals surface area contributed by atoms with Crippen molar-refractivity contribution in [3.8, 4) is 0 Å². The number of aromatic nitrogens is 1. The Morgan fingerprint density at radius 3 is 2.55 bits per heavy atom. The number of rotatable bonds is 3. The van der Waals surface area contributed by atoms with E-state index < -0.39 is 0 Å². The van der Waals surface area contributed by atoms with Crippen LogP contribution in [0.4, 0.5) is 11.4 Å². The van der Waals surface area contributed by atoms with E-state index in [0.717, 1.165) is 21.3 Å². The molecule has 0 spiro atoms. The number of nitrogens with zero attached hydrogens (tertiary/aromatic N) is 1. The number of carbonyl (C=O) groups excluding carboxylic acids is 1. The second-order valence-corrected chi connectivity index (χ2v) is 5.24. The van der Waals surface area contributed by atoms with Crippen LogP contribution >= 0.6 is 15.9 Å². The number of hydrogen-bond acceptors (Lipinski definition) is 4. The number of aryl methyl sites for hydroxylation is 2. The van der Waals surface area contributed by atoms with Gasteiger partial charge in [0.15, 0.2) is 0 Å². The summed E-state index contributed by atoms with van der Waals surface area (Å²) in [4.78, 5) is 16.2. The van der Waals surface area contributed by atoms with E-state index in [2.05, 4.69) is 31.7 Å². The molecule has 0 saturated carbocycles. The van der Waals surface area contributed by atoms with Gasteiger partial charge in [0, 0.05) is 22.6 Å². The van der Waals surface area contributed by atoms with Crippen LogP contribution in [0, 0.1) is 13.8 Å². The van der Waals surface area contributed by atoms with Gasteiger partial charge in [-0.05, 0) is 43.2 Å². The minimum atomic E-state index is -0.257. The Morgan fingerprint density at radius 1 is 1.30 bits per heavy atom. The third kappa shape index (κ3) is 2.97. The number of anilines is 2. The highest BCUT2D eigenvalue weighted by molar-refractivity contribution is 9.10. The number of nitrogen functional groups attached to an aromatic ring is 1. The SMILES string of the molecule is Cc1cc(NC(=O)c2cnccc2NN)cc(C)c1Br. The summed E-state index contributed by atoms with van der Waals surface area (Å²) in [5.41, 5.74) is 6.27. The van der Waals surface area contributed by atoms with Gasteiger partial charge in [-0.2, -0.15) is 0 Å². The molecular formula is C14H15BrN4O. The van der Waals surface area contributed by atoms with E-state index in [9.17, 15) is 4.79 Å². The smallest absolute Gasteiger partial charge is 0.259 e. The minimum absolute atomic E-state index is 0.257. The second kappa shape index (κ2) is 6.02. The summed E-state index contributed by atoms with van der Waals surface area (Å²) < 4.78 is 1.04. The standard InChI is InChI=1S/C14H15BrN4O/c1-8-5-10(6-9(2)13(8)15)18-14(20)11-7-17-4-3-12(11)19-16/h3-7H,16H2,1-2H3,(H,17,19)(H,18,20). The van der Waals surface area contributed by atoms with Crippen molar-refractivity contribution in [2.24, 2.45) is 5.84 Å².